The molecule has 4 heteroatoms. The Morgan fingerprint density at radius 1 is 1.18 bits per heavy atom. The largest absolute Gasteiger partial charge is 0.497 e. The third-order valence-corrected chi connectivity index (χ3v) is 4.57. The molecule has 1 atom stereocenters. The SMILES string of the molecule is COc1ccc(S[C@H](C)C(=O)NCc2ccccc2C)cc1. The number of ether oxygens (including phenoxy) is 1. The van der Waals surface area contributed by atoms with Crippen molar-refractivity contribution in [2.45, 2.75) is 30.5 Å². The van der Waals surface area contributed by atoms with Gasteiger partial charge in [-0.15, -0.1) is 11.8 Å². The molecular formula is C18H21NO2S. The zero-order valence-electron chi connectivity index (χ0n) is 13.1. The summed E-state index contributed by atoms with van der Waals surface area (Å²) in [6.45, 7) is 4.54. The molecule has 0 aliphatic heterocycles. The monoisotopic (exact) mass is 315 g/mol. The van der Waals surface area contributed by atoms with E-state index >= 15 is 0 Å². The first kappa shape index (κ1) is 16.4. The van der Waals surface area contributed by atoms with Crippen LogP contribution in [0.25, 0.3) is 0 Å². The summed E-state index contributed by atoms with van der Waals surface area (Å²) in [4.78, 5) is 13.3. The molecule has 0 unspecified atom stereocenters. The summed E-state index contributed by atoms with van der Waals surface area (Å²) in [7, 11) is 1.64. The first-order chi connectivity index (χ1) is 10.6. The zero-order valence-corrected chi connectivity index (χ0v) is 13.9. The van der Waals surface area contributed by atoms with E-state index in [1.54, 1.807) is 18.9 Å². The van der Waals surface area contributed by atoms with Crippen LogP contribution in [0.15, 0.2) is 53.4 Å². The standard InChI is InChI=1S/C18H21NO2S/c1-13-6-4-5-7-15(13)12-19-18(20)14(2)22-17-10-8-16(21-3)9-11-17/h4-11,14H,12H2,1-3H3,(H,19,20)/t14-/m1/s1. The molecular weight excluding hydrogens is 294 g/mol. The summed E-state index contributed by atoms with van der Waals surface area (Å²) in [5.41, 5.74) is 2.34. The third kappa shape index (κ3) is 4.53. The topological polar surface area (TPSA) is 38.3 Å². The Hall–Kier alpha value is -1.94. The zero-order chi connectivity index (χ0) is 15.9. The molecule has 0 bridgehead atoms. The van der Waals surface area contributed by atoms with Gasteiger partial charge in [0.05, 0.1) is 12.4 Å². The summed E-state index contributed by atoms with van der Waals surface area (Å²) in [5, 5.41) is 2.86. The molecule has 1 amide bonds. The van der Waals surface area contributed by atoms with Gasteiger partial charge in [0.15, 0.2) is 0 Å². The molecule has 0 saturated heterocycles. The second-order valence-electron chi connectivity index (χ2n) is 5.08. The highest BCUT2D eigenvalue weighted by molar-refractivity contribution is 8.00. The Morgan fingerprint density at radius 2 is 1.86 bits per heavy atom. The fourth-order valence-electron chi connectivity index (χ4n) is 2.05. The summed E-state index contributed by atoms with van der Waals surface area (Å²) in [6.07, 6.45) is 0. The molecule has 116 valence electrons. The van der Waals surface area contributed by atoms with Crippen LogP contribution in [0.2, 0.25) is 0 Å². The van der Waals surface area contributed by atoms with Gasteiger partial charge in [0.2, 0.25) is 5.91 Å². The lowest BCUT2D eigenvalue weighted by Crippen LogP contribution is -2.30. The van der Waals surface area contributed by atoms with Crippen molar-refractivity contribution < 1.29 is 9.53 Å². The van der Waals surface area contributed by atoms with Crippen molar-refractivity contribution >= 4 is 17.7 Å². The highest BCUT2D eigenvalue weighted by Gasteiger charge is 2.14. The summed E-state index contributed by atoms with van der Waals surface area (Å²) in [5.74, 6) is 0.866. The fraction of sp³-hybridized carbons (Fsp3) is 0.278. The number of benzene rings is 2. The van der Waals surface area contributed by atoms with E-state index in [2.05, 4.69) is 18.3 Å². The number of hydrogen-bond donors (Lipinski definition) is 1. The van der Waals surface area contributed by atoms with Gasteiger partial charge in [-0.2, -0.15) is 0 Å². The molecule has 2 rings (SSSR count). The van der Waals surface area contributed by atoms with Crippen LogP contribution in [0.3, 0.4) is 0 Å². The minimum atomic E-state index is -0.141. The van der Waals surface area contributed by atoms with Gasteiger partial charge in [-0.25, -0.2) is 0 Å². The summed E-state index contributed by atoms with van der Waals surface area (Å²) in [6, 6.07) is 15.8. The highest BCUT2D eigenvalue weighted by atomic mass is 32.2. The Balaban J connectivity index is 1.87. The molecule has 0 aromatic heterocycles. The van der Waals surface area contributed by atoms with Gasteiger partial charge >= 0.3 is 0 Å². The van der Waals surface area contributed by atoms with Crippen LogP contribution >= 0.6 is 11.8 Å². The van der Waals surface area contributed by atoms with Crippen LogP contribution in [0.1, 0.15) is 18.1 Å². The van der Waals surface area contributed by atoms with Crippen LogP contribution in [0.5, 0.6) is 5.75 Å². The van der Waals surface area contributed by atoms with Gasteiger partial charge in [0.25, 0.3) is 0 Å². The normalized spacial score (nSPS) is 11.8. The van der Waals surface area contributed by atoms with Crippen molar-refractivity contribution in [3.05, 3.63) is 59.7 Å². The summed E-state index contributed by atoms with van der Waals surface area (Å²) < 4.78 is 5.13. The number of carbonyl (C=O) groups is 1. The molecule has 0 aliphatic rings. The minimum Gasteiger partial charge on any atom is -0.497 e. The number of carbonyl (C=O) groups excluding carboxylic acids is 1. The van der Waals surface area contributed by atoms with Crippen LogP contribution in [0, 0.1) is 6.92 Å². The Kier molecular flexibility index (Phi) is 5.90. The van der Waals surface area contributed by atoms with Crippen LogP contribution in [0.4, 0.5) is 0 Å². The molecule has 0 saturated carbocycles. The molecule has 0 aliphatic carbocycles. The van der Waals surface area contributed by atoms with Gasteiger partial charge in [0.1, 0.15) is 5.75 Å². The quantitative estimate of drug-likeness (QED) is 0.824. The Bertz CT molecular complexity index is 625. The molecule has 0 radical (unpaired) electrons. The van der Waals surface area contributed by atoms with E-state index in [-0.39, 0.29) is 11.2 Å². The molecule has 1 N–H and O–H groups in total. The average molecular weight is 315 g/mol. The van der Waals surface area contributed by atoms with Crippen molar-refractivity contribution in [1.82, 2.24) is 5.32 Å². The van der Waals surface area contributed by atoms with E-state index in [0.717, 1.165) is 16.2 Å². The maximum Gasteiger partial charge on any atom is 0.233 e. The molecule has 22 heavy (non-hydrogen) atoms. The van der Waals surface area contributed by atoms with Crippen LogP contribution in [-0.2, 0) is 11.3 Å². The Morgan fingerprint density at radius 3 is 2.50 bits per heavy atom. The maximum absolute atomic E-state index is 12.2. The lowest BCUT2D eigenvalue weighted by atomic mass is 10.1. The van der Waals surface area contributed by atoms with Crippen molar-refractivity contribution in [3.63, 3.8) is 0 Å². The van der Waals surface area contributed by atoms with E-state index in [9.17, 15) is 4.79 Å². The molecule has 2 aromatic carbocycles. The number of thioether (sulfide) groups is 1. The van der Waals surface area contributed by atoms with Crippen molar-refractivity contribution in [3.8, 4) is 5.75 Å². The second-order valence-corrected chi connectivity index (χ2v) is 6.49. The molecule has 0 spiro atoms. The summed E-state index contributed by atoms with van der Waals surface area (Å²) >= 11 is 1.54. The molecule has 0 heterocycles. The minimum absolute atomic E-state index is 0.0454. The van der Waals surface area contributed by atoms with Crippen LogP contribution < -0.4 is 10.1 Å². The predicted octanol–water partition coefficient (Wildman–Crippen LogP) is 3.80. The average Bonchev–Trinajstić information content (AvgIpc) is 2.54. The van der Waals surface area contributed by atoms with Crippen LogP contribution in [-0.4, -0.2) is 18.3 Å². The maximum atomic E-state index is 12.2. The third-order valence-electron chi connectivity index (χ3n) is 3.46. The number of hydrogen-bond acceptors (Lipinski definition) is 3. The van der Waals surface area contributed by atoms with E-state index in [4.69, 9.17) is 4.74 Å². The van der Waals surface area contributed by atoms with Crippen molar-refractivity contribution in [2.24, 2.45) is 0 Å². The number of nitrogens with one attached hydrogen (secondary N) is 1. The molecule has 3 nitrogen and oxygen atoms in total. The van der Waals surface area contributed by atoms with Gasteiger partial charge < -0.3 is 10.1 Å². The molecule has 2 aromatic rings. The van der Waals surface area contributed by atoms with Crippen molar-refractivity contribution in [1.29, 1.82) is 0 Å². The number of rotatable bonds is 6. The first-order valence-corrected chi connectivity index (χ1v) is 8.11. The number of aryl methyl sites for hydroxylation is 1. The lowest BCUT2D eigenvalue weighted by molar-refractivity contribution is -0.120. The second kappa shape index (κ2) is 7.90. The predicted molar refractivity (Wildman–Crippen MR) is 91.3 cm³/mol. The van der Waals surface area contributed by atoms with Gasteiger partial charge in [0, 0.05) is 11.4 Å². The van der Waals surface area contributed by atoms with E-state index in [1.807, 2.05) is 49.4 Å². The Labute approximate surface area is 136 Å². The smallest absolute Gasteiger partial charge is 0.233 e. The van der Waals surface area contributed by atoms with Gasteiger partial charge in [-0.3, -0.25) is 4.79 Å². The fourth-order valence-corrected chi connectivity index (χ4v) is 2.94. The first-order valence-electron chi connectivity index (χ1n) is 7.23. The number of amides is 1. The van der Waals surface area contributed by atoms with Gasteiger partial charge in [-0.05, 0) is 49.2 Å². The van der Waals surface area contributed by atoms with E-state index in [1.165, 1.54) is 5.56 Å². The van der Waals surface area contributed by atoms with E-state index < -0.39 is 0 Å². The van der Waals surface area contributed by atoms with Crippen molar-refractivity contribution in [2.75, 3.05) is 7.11 Å². The number of methoxy groups -OCH3 is 1. The molecule has 0 fully saturated rings. The lowest BCUT2D eigenvalue weighted by Gasteiger charge is -2.13. The van der Waals surface area contributed by atoms with E-state index in [0.29, 0.717) is 6.54 Å². The highest BCUT2D eigenvalue weighted by Crippen LogP contribution is 2.25. The van der Waals surface area contributed by atoms with Gasteiger partial charge in [-0.1, -0.05) is 24.3 Å².